The molecule has 1 heterocycles. The highest BCUT2D eigenvalue weighted by molar-refractivity contribution is 6.09. The Morgan fingerprint density at radius 1 is 1.19 bits per heavy atom. The molecule has 0 spiro atoms. The number of benzene rings is 1. The predicted octanol–water partition coefficient (Wildman–Crippen LogP) is 3.39. The summed E-state index contributed by atoms with van der Waals surface area (Å²) in [5.41, 5.74) is -1.21. The summed E-state index contributed by atoms with van der Waals surface area (Å²) in [6.07, 6.45) is -1.02. The molecule has 1 saturated heterocycles. The molecule has 2 fully saturated rings. The lowest BCUT2D eigenvalue weighted by Gasteiger charge is -2.34. The summed E-state index contributed by atoms with van der Waals surface area (Å²) in [5.74, 6) is -0.784. The number of nitrogens with zero attached hydrogens (tertiary/aromatic N) is 2. The van der Waals surface area contributed by atoms with Crippen LogP contribution in [0.15, 0.2) is 24.3 Å². The van der Waals surface area contributed by atoms with Gasteiger partial charge >= 0.3 is 12.4 Å². The van der Waals surface area contributed by atoms with Gasteiger partial charge in [-0.1, -0.05) is 19.1 Å². The van der Waals surface area contributed by atoms with Crippen LogP contribution in [0.2, 0.25) is 0 Å². The summed E-state index contributed by atoms with van der Waals surface area (Å²) in [6.45, 7) is 3.23. The molecule has 1 N–H and O–H groups in total. The fraction of sp³-hybridized carbons (Fsp3) is 0.571. The van der Waals surface area contributed by atoms with Crippen molar-refractivity contribution in [2.75, 3.05) is 13.6 Å². The molecule has 1 aliphatic carbocycles. The maximum absolute atomic E-state index is 13.0. The molecule has 10 heteroatoms. The number of ether oxygens (including phenoxy) is 1. The van der Waals surface area contributed by atoms with E-state index in [2.05, 4.69) is 17.0 Å². The van der Waals surface area contributed by atoms with Crippen molar-refractivity contribution in [2.24, 2.45) is 5.92 Å². The minimum Gasteiger partial charge on any atom is -0.406 e. The zero-order valence-corrected chi connectivity index (χ0v) is 17.7. The fourth-order valence-corrected chi connectivity index (χ4v) is 4.11. The second-order valence-electron chi connectivity index (χ2n) is 8.44. The van der Waals surface area contributed by atoms with Crippen LogP contribution in [0.1, 0.15) is 45.1 Å². The second-order valence-corrected chi connectivity index (χ2v) is 8.44. The highest BCUT2D eigenvalue weighted by Crippen LogP contribution is 2.32. The summed E-state index contributed by atoms with van der Waals surface area (Å²) in [6, 6.07) is 4.05. The van der Waals surface area contributed by atoms with Crippen molar-refractivity contribution in [1.82, 2.24) is 15.1 Å². The molecule has 170 valence electrons. The van der Waals surface area contributed by atoms with Gasteiger partial charge in [-0.2, -0.15) is 0 Å². The van der Waals surface area contributed by atoms with Crippen molar-refractivity contribution in [3.05, 3.63) is 29.8 Å². The number of carbonyl (C=O) groups is 3. The van der Waals surface area contributed by atoms with Crippen LogP contribution in [0.3, 0.4) is 0 Å². The quantitative estimate of drug-likeness (QED) is 0.711. The number of hydrogen-bond donors (Lipinski definition) is 1. The van der Waals surface area contributed by atoms with Crippen molar-refractivity contribution in [2.45, 2.75) is 57.5 Å². The zero-order valence-electron chi connectivity index (χ0n) is 17.7. The number of urea groups is 1. The summed E-state index contributed by atoms with van der Waals surface area (Å²) < 4.78 is 40.9. The highest BCUT2D eigenvalue weighted by atomic mass is 19.4. The van der Waals surface area contributed by atoms with Crippen molar-refractivity contribution in [1.29, 1.82) is 0 Å². The third-order valence-corrected chi connectivity index (χ3v) is 6.16. The first kappa shape index (κ1) is 22.9. The normalized spacial score (nSPS) is 26.6. The van der Waals surface area contributed by atoms with Crippen molar-refractivity contribution < 1.29 is 32.3 Å². The molecular weight excluding hydrogens is 415 g/mol. The molecular formula is C21H26F3N3O4. The summed E-state index contributed by atoms with van der Waals surface area (Å²) in [4.78, 5) is 40.6. The molecule has 1 aromatic carbocycles. The van der Waals surface area contributed by atoms with Crippen LogP contribution in [0, 0.1) is 5.92 Å². The van der Waals surface area contributed by atoms with Crippen LogP contribution < -0.4 is 10.1 Å². The van der Waals surface area contributed by atoms with E-state index in [1.54, 1.807) is 11.9 Å². The first-order valence-corrected chi connectivity index (χ1v) is 10.2. The number of amides is 4. The molecule has 1 aromatic rings. The SMILES string of the molecule is CC1CCC(N(C)C(=O)CN2C(=O)NC(C)(c3ccc(OC(F)(F)F)cc3)C2=O)CC1. The maximum Gasteiger partial charge on any atom is 0.573 e. The summed E-state index contributed by atoms with van der Waals surface area (Å²) >= 11 is 0. The van der Waals surface area contributed by atoms with Crippen LogP contribution in [0.5, 0.6) is 5.75 Å². The van der Waals surface area contributed by atoms with Crippen LogP contribution in [0.25, 0.3) is 0 Å². The Morgan fingerprint density at radius 3 is 2.32 bits per heavy atom. The smallest absolute Gasteiger partial charge is 0.406 e. The van der Waals surface area contributed by atoms with E-state index in [4.69, 9.17) is 0 Å². The van der Waals surface area contributed by atoms with E-state index in [0.717, 1.165) is 42.7 Å². The number of rotatable bonds is 5. The van der Waals surface area contributed by atoms with Gasteiger partial charge in [-0.05, 0) is 56.2 Å². The number of alkyl halides is 3. The van der Waals surface area contributed by atoms with Crippen LogP contribution in [-0.2, 0) is 15.1 Å². The second kappa shape index (κ2) is 8.39. The molecule has 3 rings (SSSR count). The number of nitrogens with one attached hydrogen (secondary N) is 1. The Kier molecular flexibility index (Phi) is 6.20. The minimum absolute atomic E-state index is 0.0806. The lowest BCUT2D eigenvalue weighted by atomic mass is 9.87. The Balaban J connectivity index is 1.69. The summed E-state index contributed by atoms with van der Waals surface area (Å²) in [5, 5.41) is 2.55. The third-order valence-electron chi connectivity index (χ3n) is 6.16. The van der Waals surface area contributed by atoms with Crippen LogP contribution in [-0.4, -0.2) is 53.6 Å². The molecule has 1 atom stereocenters. The van der Waals surface area contributed by atoms with Gasteiger partial charge in [0.2, 0.25) is 5.91 Å². The van der Waals surface area contributed by atoms with Crippen molar-refractivity contribution >= 4 is 17.8 Å². The van der Waals surface area contributed by atoms with E-state index in [1.807, 2.05) is 0 Å². The molecule has 1 aliphatic heterocycles. The van der Waals surface area contributed by atoms with Gasteiger partial charge in [0.15, 0.2) is 0 Å². The van der Waals surface area contributed by atoms with Gasteiger partial charge in [0.05, 0.1) is 0 Å². The van der Waals surface area contributed by atoms with Crippen molar-refractivity contribution in [3.63, 3.8) is 0 Å². The number of carbonyl (C=O) groups excluding carboxylic acids is 3. The molecule has 1 saturated carbocycles. The fourth-order valence-electron chi connectivity index (χ4n) is 4.11. The van der Waals surface area contributed by atoms with E-state index < -0.39 is 36.1 Å². The van der Waals surface area contributed by atoms with E-state index in [1.165, 1.54) is 19.1 Å². The van der Waals surface area contributed by atoms with E-state index >= 15 is 0 Å². The Labute approximate surface area is 178 Å². The van der Waals surface area contributed by atoms with Gasteiger partial charge in [0.25, 0.3) is 5.91 Å². The van der Waals surface area contributed by atoms with E-state index in [-0.39, 0.29) is 17.5 Å². The van der Waals surface area contributed by atoms with Crippen LogP contribution >= 0.6 is 0 Å². The van der Waals surface area contributed by atoms with Gasteiger partial charge < -0.3 is 15.0 Å². The third kappa shape index (κ3) is 4.94. The molecule has 1 unspecified atom stereocenters. The zero-order chi connectivity index (χ0) is 23.0. The predicted molar refractivity (Wildman–Crippen MR) is 105 cm³/mol. The lowest BCUT2D eigenvalue weighted by molar-refractivity contribution is -0.274. The average Bonchev–Trinajstić information content (AvgIpc) is 2.91. The van der Waals surface area contributed by atoms with Crippen molar-refractivity contribution in [3.8, 4) is 5.75 Å². The standard InChI is InChI=1S/C21H26F3N3O4/c1-13-4-8-15(9-5-13)26(3)17(28)12-27-18(29)20(2,25-19(27)30)14-6-10-16(11-7-14)31-21(22,23)24/h6-7,10-11,13,15H,4-5,8-9,12H2,1-3H3,(H,25,30). The molecule has 31 heavy (non-hydrogen) atoms. The van der Waals surface area contributed by atoms with E-state index in [9.17, 15) is 27.6 Å². The van der Waals surface area contributed by atoms with Gasteiger partial charge in [-0.3, -0.25) is 14.5 Å². The summed E-state index contributed by atoms with van der Waals surface area (Å²) in [7, 11) is 1.68. The topological polar surface area (TPSA) is 79.0 Å². The molecule has 7 nitrogen and oxygen atoms in total. The largest absolute Gasteiger partial charge is 0.573 e. The lowest BCUT2D eigenvalue weighted by Crippen LogP contribution is -2.47. The monoisotopic (exact) mass is 441 g/mol. The average molecular weight is 441 g/mol. The van der Waals surface area contributed by atoms with Gasteiger partial charge in [-0.25, -0.2) is 4.79 Å². The molecule has 0 aromatic heterocycles. The van der Waals surface area contributed by atoms with E-state index in [0.29, 0.717) is 5.92 Å². The number of imide groups is 1. The maximum atomic E-state index is 13.0. The molecule has 4 amide bonds. The molecule has 2 aliphatic rings. The number of likely N-dealkylation sites (N-methyl/N-ethyl adjacent to an activating group) is 1. The van der Waals surface area contributed by atoms with Gasteiger partial charge in [0.1, 0.15) is 17.8 Å². The first-order valence-electron chi connectivity index (χ1n) is 10.2. The number of hydrogen-bond acceptors (Lipinski definition) is 4. The molecule has 0 radical (unpaired) electrons. The Hall–Kier alpha value is -2.78. The number of halogens is 3. The highest BCUT2D eigenvalue weighted by Gasteiger charge is 2.50. The minimum atomic E-state index is -4.83. The Bertz CT molecular complexity index is 850. The van der Waals surface area contributed by atoms with Gasteiger partial charge in [-0.15, -0.1) is 13.2 Å². The van der Waals surface area contributed by atoms with Crippen LogP contribution in [0.4, 0.5) is 18.0 Å². The molecule has 0 bridgehead atoms. The first-order chi connectivity index (χ1) is 14.4. The van der Waals surface area contributed by atoms with Gasteiger partial charge in [0, 0.05) is 13.1 Å². The Morgan fingerprint density at radius 2 is 1.77 bits per heavy atom.